The van der Waals surface area contributed by atoms with Crippen molar-refractivity contribution in [3.05, 3.63) is 12.2 Å². The molecular formula is C15H28N4O. The Bertz CT molecular complexity index is 410. The van der Waals surface area contributed by atoms with Gasteiger partial charge >= 0.3 is 0 Å². The monoisotopic (exact) mass is 280 g/mol. The Labute approximate surface area is 121 Å². The van der Waals surface area contributed by atoms with Crippen LogP contribution in [0.15, 0.2) is 6.33 Å². The number of nitrogens with two attached hydrogens (primary N) is 1. The molecule has 0 radical (unpaired) electrons. The third kappa shape index (κ3) is 3.20. The topological polar surface area (TPSA) is 66.0 Å². The molecule has 0 amide bonds. The quantitative estimate of drug-likeness (QED) is 0.867. The Balaban J connectivity index is 2.09. The zero-order valence-corrected chi connectivity index (χ0v) is 13.0. The zero-order chi connectivity index (χ0) is 14.6. The van der Waals surface area contributed by atoms with Crippen molar-refractivity contribution >= 4 is 0 Å². The second-order valence-electron chi connectivity index (χ2n) is 5.98. The van der Waals surface area contributed by atoms with E-state index in [0.717, 1.165) is 44.2 Å². The molecule has 2 rings (SSSR count). The van der Waals surface area contributed by atoms with Crippen molar-refractivity contribution in [3.8, 4) is 0 Å². The van der Waals surface area contributed by atoms with Crippen LogP contribution in [0.5, 0.6) is 0 Å². The van der Waals surface area contributed by atoms with E-state index in [1.807, 2.05) is 4.68 Å². The van der Waals surface area contributed by atoms with Gasteiger partial charge in [-0.2, -0.15) is 5.10 Å². The van der Waals surface area contributed by atoms with E-state index < -0.39 is 0 Å². The molecule has 1 fully saturated rings. The summed E-state index contributed by atoms with van der Waals surface area (Å²) in [5, 5.41) is 4.22. The predicted octanol–water partition coefficient (Wildman–Crippen LogP) is 2.15. The third-order valence-electron chi connectivity index (χ3n) is 4.63. The van der Waals surface area contributed by atoms with E-state index in [0.29, 0.717) is 0 Å². The number of nitrogens with zero attached hydrogens (tertiary/aromatic N) is 3. The van der Waals surface area contributed by atoms with Gasteiger partial charge in [0, 0.05) is 25.6 Å². The summed E-state index contributed by atoms with van der Waals surface area (Å²) in [6.07, 6.45) is 6.87. The lowest BCUT2D eigenvalue weighted by atomic mass is 9.74. The average Bonchev–Trinajstić information content (AvgIpc) is 2.89. The number of rotatable bonds is 6. The SMILES string of the molecule is CCOC1(C(N)Cc2ncnn2CC)CCC(C)CC1. The fourth-order valence-corrected chi connectivity index (χ4v) is 3.25. The Kier molecular flexibility index (Phi) is 5.16. The minimum absolute atomic E-state index is 0.00977. The highest BCUT2D eigenvalue weighted by Gasteiger charge is 2.40. The molecule has 0 saturated heterocycles. The molecule has 20 heavy (non-hydrogen) atoms. The van der Waals surface area contributed by atoms with Crippen molar-refractivity contribution < 1.29 is 4.74 Å². The lowest BCUT2D eigenvalue weighted by molar-refractivity contribution is -0.0887. The second kappa shape index (κ2) is 6.68. The van der Waals surface area contributed by atoms with Gasteiger partial charge in [0.25, 0.3) is 0 Å². The normalized spacial score (nSPS) is 28.5. The zero-order valence-electron chi connectivity index (χ0n) is 13.0. The van der Waals surface area contributed by atoms with Gasteiger partial charge in [-0.05, 0) is 45.4 Å². The molecule has 1 atom stereocenters. The van der Waals surface area contributed by atoms with Crippen LogP contribution >= 0.6 is 0 Å². The second-order valence-corrected chi connectivity index (χ2v) is 5.98. The Morgan fingerprint density at radius 3 is 2.75 bits per heavy atom. The molecule has 0 aliphatic heterocycles. The van der Waals surface area contributed by atoms with Gasteiger partial charge in [0.1, 0.15) is 12.2 Å². The molecule has 1 aromatic rings. The number of hydrogen-bond donors (Lipinski definition) is 1. The first-order chi connectivity index (χ1) is 9.61. The Hall–Kier alpha value is -0.940. The molecule has 0 bridgehead atoms. The van der Waals surface area contributed by atoms with E-state index in [4.69, 9.17) is 10.5 Å². The van der Waals surface area contributed by atoms with E-state index in [1.165, 1.54) is 12.8 Å². The van der Waals surface area contributed by atoms with E-state index in [-0.39, 0.29) is 11.6 Å². The highest BCUT2D eigenvalue weighted by molar-refractivity contribution is 5.00. The van der Waals surface area contributed by atoms with Crippen molar-refractivity contribution in [1.29, 1.82) is 0 Å². The van der Waals surface area contributed by atoms with Crippen molar-refractivity contribution in [2.45, 2.75) is 71.1 Å². The van der Waals surface area contributed by atoms with E-state index in [1.54, 1.807) is 6.33 Å². The fraction of sp³-hybridized carbons (Fsp3) is 0.867. The molecule has 5 heteroatoms. The Morgan fingerprint density at radius 2 is 2.15 bits per heavy atom. The number of aromatic nitrogens is 3. The van der Waals surface area contributed by atoms with Crippen molar-refractivity contribution in [1.82, 2.24) is 14.8 Å². The minimum atomic E-state index is -0.175. The van der Waals surface area contributed by atoms with Gasteiger partial charge in [0.05, 0.1) is 5.60 Å². The minimum Gasteiger partial charge on any atom is -0.374 e. The van der Waals surface area contributed by atoms with Crippen LogP contribution in [-0.2, 0) is 17.7 Å². The highest BCUT2D eigenvalue weighted by atomic mass is 16.5. The van der Waals surface area contributed by atoms with Crippen LogP contribution < -0.4 is 5.73 Å². The smallest absolute Gasteiger partial charge is 0.138 e. The summed E-state index contributed by atoms with van der Waals surface area (Å²) in [6.45, 7) is 8.00. The van der Waals surface area contributed by atoms with Crippen LogP contribution in [0.2, 0.25) is 0 Å². The maximum absolute atomic E-state index is 6.52. The van der Waals surface area contributed by atoms with Crippen LogP contribution in [0.25, 0.3) is 0 Å². The first-order valence-electron chi connectivity index (χ1n) is 7.87. The molecule has 0 aromatic carbocycles. The van der Waals surface area contributed by atoms with E-state index in [2.05, 4.69) is 30.9 Å². The van der Waals surface area contributed by atoms with Gasteiger partial charge in [-0.25, -0.2) is 4.98 Å². The molecule has 1 saturated carbocycles. The molecule has 1 heterocycles. The Morgan fingerprint density at radius 1 is 1.45 bits per heavy atom. The first-order valence-corrected chi connectivity index (χ1v) is 7.87. The van der Waals surface area contributed by atoms with E-state index >= 15 is 0 Å². The van der Waals surface area contributed by atoms with Gasteiger partial charge in [0.15, 0.2) is 0 Å². The van der Waals surface area contributed by atoms with Gasteiger partial charge < -0.3 is 10.5 Å². The third-order valence-corrected chi connectivity index (χ3v) is 4.63. The summed E-state index contributed by atoms with van der Waals surface area (Å²) in [6, 6.07) is -0.00977. The van der Waals surface area contributed by atoms with Crippen molar-refractivity contribution in [3.63, 3.8) is 0 Å². The molecule has 1 unspecified atom stereocenters. The molecule has 0 spiro atoms. The van der Waals surface area contributed by atoms with Crippen LogP contribution in [0.3, 0.4) is 0 Å². The summed E-state index contributed by atoms with van der Waals surface area (Å²) in [5.74, 6) is 1.76. The summed E-state index contributed by atoms with van der Waals surface area (Å²) in [5.41, 5.74) is 6.35. The maximum atomic E-state index is 6.52. The predicted molar refractivity (Wildman–Crippen MR) is 79.4 cm³/mol. The van der Waals surface area contributed by atoms with Crippen molar-refractivity contribution in [2.75, 3.05) is 6.61 Å². The largest absolute Gasteiger partial charge is 0.374 e. The number of hydrogen-bond acceptors (Lipinski definition) is 4. The molecule has 1 aliphatic rings. The van der Waals surface area contributed by atoms with Crippen LogP contribution in [0.4, 0.5) is 0 Å². The molecule has 2 N–H and O–H groups in total. The van der Waals surface area contributed by atoms with Crippen LogP contribution in [0.1, 0.15) is 52.3 Å². The highest BCUT2D eigenvalue weighted by Crippen LogP contribution is 2.37. The lowest BCUT2D eigenvalue weighted by Crippen LogP contribution is -2.53. The van der Waals surface area contributed by atoms with Crippen LogP contribution in [0, 0.1) is 5.92 Å². The standard InChI is InChI=1S/C15H28N4O/c1-4-19-14(17-11-18-19)10-13(16)15(20-5-2)8-6-12(3)7-9-15/h11-13H,4-10,16H2,1-3H3. The average molecular weight is 280 g/mol. The number of aryl methyl sites for hydroxylation is 1. The van der Waals surface area contributed by atoms with E-state index in [9.17, 15) is 0 Å². The summed E-state index contributed by atoms with van der Waals surface area (Å²) in [7, 11) is 0. The van der Waals surface area contributed by atoms with Gasteiger partial charge in [0.2, 0.25) is 0 Å². The molecule has 1 aromatic heterocycles. The molecule has 5 nitrogen and oxygen atoms in total. The van der Waals surface area contributed by atoms with Gasteiger partial charge in [-0.1, -0.05) is 6.92 Å². The van der Waals surface area contributed by atoms with Gasteiger partial charge in [-0.3, -0.25) is 4.68 Å². The number of ether oxygens (including phenoxy) is 1. The molecule has 114 valence electrons. The summed E-state index contributed by atoms with van der Waals surface area (Å²) in [4.78, 5) is 4.34. The van der Waals surface area contributed by atoms with Crippen molar-refractivity contribution in [2.24, 2.45) is 11.7 Å². The lowest BCUT2D eigenvalue weighted by Gasteiger charge is -2.43. The maximum Gasteiger partial charge on any atom is 0.138 e. The summed E-state index contributed by atoms with van der Waals surface area (Å²) < 4.78 is 8.04. The van der Waals surface area contributed by atoms with Gasteiger partial charge in [-0.15, -0.1) is 0 Å². The molecule has 1 aliphatic carbocycles. The fourth-order valence-electron chi connectivity index (χ4n) is 3.25. The summed E-state index contributed by atoms with van der Waals surface area (Å²) >= 11 is 0. The molecular weight excluding hydrogens is 252 g/mol. The van der Waals surface area contributed by atoms with Crippen LogP contribution in [-0.4, -0.2) is 33.0 Å². The first kappa shape index (κ1) is 15.4.